The van der Waals surface area contributed by atoms with Crippen LogP contribution in [-0.4, -0.2) is 60.5 Å². The normalized spacial score (nSPS) is 15.6. The predicted octanol–water partition coefficient (Wildman–Crippen LogP) is 4.21. The van der Waals surface area contributed by atoms with Gasteiger partial charge in [0.1, 0.15) is 12.4 Å². The average Bonchev–Trinajstić information content (AvgIpc) is 3.66. The van der Waals surface area contributed by atoms with E-state index in [2.05, 4.69) is 10.1 Å². The topological polar surface area (TPSA) is 136 Å². The molecule has 0 bridgehead atoms. The SMILES string of the molecule is C/C=C\N(C(=O)CO)[C@H](C)CCc1nc2c(-c3ccc(C(N)(C(F)(F)F)C(F)(F)F)nc3)cnn2c(N)c1C1CC1. The number of halogens is 6. The Morgan fingerprint density at radius 2 is 1.85 bits per heavy atom. The summed E-state index contributed by atoms with van der Waals surface area (Å²) in [7, 11) is 0. The number of nitrogens with two attached hydrogens (primary N) is 2. The number of pyridine rings is 1. The van der Waals surface area contributed by atoms with Crippen molar-refractivity contribution in [2.45, 2.75) is 69.4 Å². The highest BCUT2D eigenvalue weighted by Crippen LogP contribution is 2.48. The number of hydrogen-bond acceptors (Lipinski definition) is 7. The van der Waals surface area contributed by atoms with Gasteiger partial charge in [-0.2, -0.15) is 36.0 Å². The van der Waals surface area contributed by atoms with Gasteiger partial charge in [-0.25, -0.2) is 4.98 Å². The smallest absolute Gasteiger partial charge is 0.387 e. The van der Waals surface area contributed by atoms with E-state index in [4.69, 9.17) is 16.5 Å². The minimum atomic E-state index is -5.84. The number of fused-ring (bicyclic) bond motifs is 1. The Morgan fingerprint density at radius 1 is 1.20 bits per heavy atom. The molecule has 3 aromatic rings. The van der Waals surface area contributed by atoms with Crippen LogP contribution in [0.15, 0.2) is 36.8 Å². The number of nitrogens with zero attached hydrogens (tertiary/aromatic N) is 5. The Balaban J connectivity index is 1.72. The van der Waals surface area contributed by atoms with Crippen LogP contribution in [-0.2, 0) is 16.8 Å². The third-order valence-corrected chi connectivity index (χ3v) is 7.16. The van der Waals surface area contributed by atoms with Gasteiger partial charge >= 0.3 is 12.4 Å². The van der Waals surface area contributed by atoms with Gasteiger partial charge in [0.25, 0.3) is 11.4 Å². The first-order valence-electron chi connectivity index (χ1n) is 12.8. The monoisotopic (exact) mass is 585 g/mol. The predicted molar refractivity (Wildman–Crippen MR) is 137 cm³/mol. The van der Waals surface area contributed by atoms with E-state index in [0.29, 0.717) is 36.0 Å². The van der Waals surface area contributed by atoms with Gasteiger partial charge in [0.15, 0.2) is 5.65 Å². The number of aliphatic hydroxyl groups is 1. The molecule has 3 aromatic heterocycles. The summed E-state index contributed by atoms with van der Waals surface area (Å²) in [5.74, 6) is 0.0225. The van der Waals surface area contributed by atoms with Crippen LogP contribution < -0.4 is 11.5 Å². The number of anilines is 1. The van der Waals surface area contributed by atoms with E-state index in [9.17, 15) is 36.2 Å². The Labute approximate surface area is 230 Å². The van der Waals surface area contributed by atoms with Gasteiger partial charge in [-0.1, -0.05) is 12.1 Å². The zero-order valence-electron chi connectivity index (χ0n) is 22.2. The van der Waals surface area contributed by atoms with Crippen molar-refractivity contribution in [2.75, 3.05) is 12.3 Å². The second-order valence-corrected chi connectivity index (χ2v) is 9.99. The number of hydrogen-bond donors (Lipinski definition) is 3. The lowest BCUT2D eigenvalue weighted by Gasteiger charge is -2.32. The number of carbonyl (C=O) groups excluding carboxylic acids is 1. The number of aryl methyl sites for hydroxylation is 1. The number of carbonyl (C=O) groups is 1. The van der Waals surface area contributed by atoms with Crippen molar-refractivity contribution in [3.05, 3.63) is 53.8 Å². The van der Waals surface area contributed by atoms with Crippen LogP contribution in [0.5, 0.6) is 0 Å². The molecule has 15 heteroatoms. The van der Waals surface area contributed by atoms with Crippen molar-refractivity contribution in [1.82, 2.24) is 24.5 Å². The van der Waals surface area contributed by atoms with E-state index in [-0.39, 0.29) is 23.2 Å². The highest BCUT2D eigenvalue weighted by Gasteiger charge is 2.70. The summed E-state index contributed by atoms with van der Waals surface area (Å²) in [6.07, 6.45) is -3.55. The van der Waals surface area contributed by atoms with Crippen LogP contribution in [0.2, 0.25) is 0 Å². The molecule has 1 aliphatic carbocycles. The van der Waals surface area contributed by atoms with Crippen molar-refractivity contribution < 1.29 is 36.2 Å². The molecule has 0 aromatic carbocycles. The third-order valence-electron chi connectivity index (χ3n) is 7.16. The molecule has 222 valence electrons. The largest absolute Gasteiger partial charge is 0.421 e. The summed E-state index contributed by atoms with van der Waals surface area (Å²) in [6.45, 7) is 2.92. The molecule has 0 saturated heterocycles. The van der Waals surface area contributed by atoms with E-state index >= 15 is 0 Å². The highest BCUT2D eigenvalue weighted by atomic mass is 19.4. The number of aliphatic hydroxyl groups excluding tert-OH is 1. The van der Waals surface area contributed by atoms with Gasteiger partial charge in [0.05, 0.1) is 17.6 Å². The van der Waals surface area contributed by atoms with Gasteiger partial charge in [-0.05, 0) is 51.5 Å². The Bertz CT molecular complexity index is 1430. The van der Waals surface area contributed by atoms with E-state index in [1.165, 1.54) is 15.6 Å². The first-order valence-corrected chi connectivity index (χ1v) is 12.8. The van der Waals surface area contributed by atoms with Crippen molar-refractivity contribution in [3.63, 3.8) is 0 Å². The number of alkyl halides is 6. The summed E-state index contributed by atoms with van der Waals surface area (Å²) in [6, 6.07) is 1.33. The van der Waals surface area contributed by atoms with Crippen LogP contribution in [0.1, 0.15) is 56.0 Å². The summed E-state index contributed by atoms with van der Waals surface area (Å²) in [5.41, 5.74) is 7.42. The fourth-order valence-corrected chi connectivity index (χ4v) is 4.73. The molecule has 0 radical (unpaired) electrons. The minimum Gasteiger partial charge on any atom is -0.387 e. The second kappa shape index (κ2) is 10.9. The maximum absolute atomic E-state index is 13.4. The number of rotatable bonds is 9. The molecule has 1 saturated carbocycles. The standard InChI is InChI=1S/C26H29F6N7O2/c1-3-10-38(20(41)13-40)14(2)4-8-18-21(15-5-6-15)22(33)39-23(37-18)17(12-36-39)16-7-9-19(35-11-16)24(34,25(27,28)29)26(30,31)32/h3,7,9-12,14-15,40H,4-6,8,13,33-34H2,1-2H3/b10-3-/t14-/m1/s1. The summed E-state index contributed by atoms with van der Waals surface area (Å²) < 4.78 is 81.7. The quantitative estimate of drug-likeness (QED) is 0.320. The van der Waals surface area contributed by atoms with Gasteiger partial charge in [-0.3, -0.25) is 9.78 Å². The fraction of sp³-hybridized carbons (Fsp3) is 0.462. The molecular weight excluding hydrogens is 556 g/mol. The molecule has 4 rings (SSSR count). The maximum Gasteiger partial charge on any atom is 0.421 e. The molecule has 0 spiro atoms. The average molecular weight is 586 g/mol. The van der Waals surface area contributed by atoms with Crippen LogP contribution >= 0.6 is 0 Å². The van der Waals surface area contributed by atoms with Crippen molar-refractivity contribution in [2.24, 2.45) is 5.73 Å². The molecule has 1 atom stereocenters. The van der Waals surface area contributed by atoms with Crippen LogP contribution in [0.4, 0.5) is 32.2 Å². The lowest BCUT2D eigenvalue weighted by molar-refractivity contribution is -0.303. The maximum atomic E-state index is 13.4. The number of amides is 1. The summed E-state index contributed by atoms with van der Waals surface area (Å²) in [4.78, 5) is 21.8. The molecule has 1 aliphatic rings. The Morgan fingerprint density at radius 3 is 2.37 bits per heavy atom. The van der Waals surface area contributed by atoms with E-state index in [1.54, 1.807) is 19.2 Å². The lowest BCUT2D eigenvalue weighted by atomic mass is 9.93. The van der Waals surface area contributed by atoms with Gasteiger partial charge in [0.2, 0.25) is 0 Å². The van der Waals surface area contributed by atoms with Gasteiger partial charge in [0, 0.05) is 35.1 Å². The van der Waals surface area contributed by atoms with E-state index in [1.807, 2.05) is 6.92 Å². The zero-order chi connectivity index (χ0) is 30.3. The van der Waals surface area contributed by atoms with Crippen LogP contribution in [0.25, 0.3) is 16.8 Å². The molecule has 0 unspecified atom stereocenters. The minimum absolute atomic E-state index is 0.161. The highest BCUT2D eigenvalue weighted by molar-refractivity contribution is 5.79. The van der Waals surface area contributed by atoms with Crippen molar-refractivity contribution in [1.29, 1.82) is 0 Å². The number of aromatic nitrogens is 4. The first kappa shape index (κ1) is 30.2. The molecule has 41 heavy (non-hydrogen) atoms. The Hall–Kier alpha value is -3.72. The third kappa shape index (κ3) is 5.47. The fourth-order valence-electron chi connectivity index (χ4n) is 4.73. The number of allylic oxidation sites excluding steroid dienone is 1. The van der Waals surface area contributed by atoms with Crippen molar-refractivity contribution in [3.8, 4) is 11.1 Å². The molecule has 3 heterocycles. The Kier molecular flexibility index (Phi) is 8.06. The molecule has 0 aliphatic heterocycles. The number of nitrogen functional groups attached to an aromatic ring is 1. The summed E-state index contributed by atoms with van der Waals surface area (Å²) >= 11 is 0. The van der Waals surface area contributed by atoms with Crippen LogP contribution in [0.3, 0.4) is 0 Å². The van der Waals surface area contributed by atoms with E-state index < -0.39 is 36.1 Å². The van der Waals surface area contributed by atoms with Crippen molar-refractivity contribution >= 4 is 17.4 Å². The molecule has 1 amide bonds. The van der Waals surface area contributed by atoms with Gasteiger partial charge < -0.3 is 21.5 Å². The van der Waals surface area contributed by atoms with E-state index in [0.717, 1.165) is 30.7 Å². The molecule has 9 nitrogen and oxygen atoms in total. The van der Waals surface area contributed by atoms with Crippen LogP contribution in [0, 0.1) is 0 Å². The summed E-state index contributed by atoms with van der Waals surface area (Å²) in [5, 5.41) is 13.6. The molecular formula is C26H29F6N7O2. The lowest BCUT2D eigenvalue weighted by Crippen LogP contribution is -2.61. The molecule has 5 N–H and O–H groups in total. The first-order chi connectivity index (χ1) is 19.2. The van der Waals surface area contributed by atoms with Gasteiger partial charge in [-0.15, -0.1) is 0 Å². The molecule has 1 fully saturated rings. The zero-order valence-corrected chi connectivity index (χ0v) is 22.2. The second-order valence-electron chi connectivity index (χ2n) is 9.99.